The van der Waals surface area contributed by atoms with Crippen molar-refractivity contribution in [2.75, 3.05) is 0 Å². The maximum atomic E-state index is 6.17. The zero-order chi connectivity index (χ0) is 15.8. The average Bonchev–Trinajstić information content (AvgIpc) is 2.91. The molecule has 2 aromatic heterocycles. The number of fused-ring (bicyclic) bond motifs is 3. The summed E-state index contributed by atoms with van der Waals surface area (Å²) in [7, 11) is 0. The van der Waals surface area contributed by atoms with E-state index in [1.807, 2.05) is 24.4 Å². The Labute approximate surface area is 153 Å². The molecule has 0 saturated heterocycles. The van der Waals surface area contributed by atoms with Gasteiger partial charge in [0.25, 0.3) is 0 Å². The monoisotopic (exact) mass is 491 g/mol. The van der Waals surface area contributed by atoms with Gasteiger partial charge in [-0.2, -0.15) is 0 Å². The molecule has 2 heterocycles. The third-order valence-corrected chi connectivity index (χ3v) is 4.73. The van der Waals surface area contributed by atoms with Gasteiger partial charge in [0, 0.05) is 42.6 Å². The quantitative estimate of drug-likeness (QED) is 0.202. The second kappa shape index (κ2) is 5.02. The van der Waals surface area contributed by atoms with Crippen LogP contribution in [0.1, 0.15) is 26.3 Å². The summed E-state index contributed by atoms with van der Waals surface area (Å²) in [5.74, 6) is 0. The van der Waals surface area contributed by atoms with E-state index in [0.29, 0.717) is 0 Å². The Balaban J connectivity index is 0.00000146. The molecule has 2 nitrogen and oxygen atoms in total. The van der Waals surface area contributed by atoms with Crippen molar-refractivity contribution in [3.05, 3.63) is 54.2 Å². The first-order valence-electron chi connectivity index (χ1n) is 7.91. The van der Waals surface area contributed by atoms with Gasteiger partial charge in [-0.25, -0.2) is 0 Å². The number of nitrogens with zero attached hydrogens (tertiary/aromatic N) is 1. The third kappa shape index (κ3) is 1.95. The van der Waals surface area contributed by atoms with Crippen molar-refractivity contribution in [1.29, 1.82) is 0 Å². The van der Waals surface area contributed by atoms with E-state index in [1.165, 1.54) is 21.7 Å². The summed E-state index contributed by atoms with van der Waals surface area (Å²) in [6.07, 6.45) is 1.82. The summed E-state index contributed by atoms with van der Waals surface area (Å²) in [5.41, 5.74) is 4.19. The molecule has 5 rings (SSSR count). The van der Waals surface area contributed by atoms with Crippen molar-refractivity contribution >= 4 is 43.6 Å². The van der Waals surface area contributed by atoms with Gasteiger partial charge in [0.05, 0.1) is 0 Å². The van der Waals surface area contributed by atoms with Crippen LogP contribution in [0, 0.1) is 6.07 Å². The van der Waals surface area contributed by atoms with Crippen LogP contribution in [0.3, 0.4) is 0 Å². The zero-order valence-electron chi connectivity index (χ0n) is 13.7. The van der Waals surface area contributed by atoms with Gasteiger partial charge >= 0.3 is 0 Å². The SMILES string of the molecule is CC(C)(C)c1cc2oc3ccnc4c5[c-]cccc5c(c1)c2c34.[Ir]. The molecule has 3 heteroatoms. The number of aromatic nitrogens is 1. The minimum atomic E-state index is 0. The summed E-state index contributed by atoms with van der Waals surface area (Å²) < 4.78 is 6.17. The van der Waals surface area contributed by atoms with Gasteiger partial charge in [0.1, 0.15) is 11.2 Å². The maximum Gasteiger partial charge on any atom is 0.134 e. The summed E-state index contributed by atoms with van der Waals surface area (Å²) in [6, 6.07) is 16.0. The fourth-order valence-corrected chi connectivity index (χ4v) is 3.54. The summed E-state index contributed by atoms with van der Waals surface area (Å²) >= 11 is 0. The molecule has 0 bridgehead atoms. The van der Waals surface area contributed by atoms with Crippen LogP contribution in [0.4, 0.5) is 0 Å². The Hall–Kier alpha value is -1.96. The van der Waals surface area contributed by atoms with E-state index in [4.69, 9.17) is 4.42 Å². The topological polar surface area (TPSA) is 26.0 Å². The Kier molecular flexibility index (Phi) is 3.25. The van der Waals surface area contributed by atoms with Crippen LogP contribution < -0.4 is 0 Å². The first-order chi connectivity index (χ1) is 11.0. The normalized spacial score (nSPS) is 12.5. The van der Waals surface area contributed by atoms with Crippen LogP contribution in [-0.2, 0) is 25.5 Å². The maximum absolute atomic E-state index is 6.17. The molecular formula is C21H16IrNO-. The van der Waals surface area contributed by atoms with E-state index >= 15 is 0 Å². The molecule has 0 aliphatic carbocycles. The number of benzene rings is 3. The molecule has 0 spiro atoms. The fourth-order valence-electron chi connectivity index (χ4n) is 3.54. The van der Waals surface area contributed by atoms with Gasteiger partial charge in [0.15, 0.2) is 0 Å². The van der Waals surface area contributed by atoms with E-state index in [-0.39, 0.29) is 25.5 Å². The average molecular weight is 491 g/mol. The molecule has 0 aliphatic rings. The standard InChI is InChI=1S/C21H16NO.Ir/c1-21(2,3)12-10-15-13-6-4-5-7-14(13)20-19-16(8-9-22-20)23-17(11-12)18(15)19;/h4-6,8-11H,1-3H3;/q-1;. The molecule has 0 amide bonds. The van der Waals surface area contributed by atoms with Gasteiger partial charge < -0.3 is 9.40 Å². The van der Waals surface area contributed by atoms with Gasteiger partial charge in [0.2, 0.25) is 0 Å². The van der Waals surface area contributed by atoms with Crippen LogP contribution in [0.2, 0.25) is 0 Å². The Morgan fingerprint density at radius 3 is 2.62 bits per heavy atom. The smallest absolute Gasteiger partial charge is 0.134 e. The molecule has 0 N–H and O–H groups in total. The summed E-state index contributed by atoms with van der Waals surface area (Å²) in [4.78, 5) is 4.61. The van der Waals surface area contributed by atoms with Crippen molar-refractivity contribution in [2.24, 2.45) is 0 Å². The predicted molar refractivity (Wildman–Crippen MR) is 95.2 cm³/mol. The first kappa shape index (κ1) is 15.6. The van der Waals surface area contributed by atoms with Crippen molar-refractivity contribution in [3.8, 4) is 0 Å². The molecule has 121 valence electrons. The van der Waals surface area contributed by atoms with Gasteiger partial charge in [-0.1, -0.05) is 32.2 Å². The second-order valence-corrected chi connectivity index (χ2v) is 7.24. The van der Waals surface area contributed by atoms with Crippen LogP contribution in [-0.4, -0.2) is 4.98 Å². The van der Waals surface area contributed by atoms with E-state index < -0.39 is 0 Å². The molecule has 5 aromatic rings. The van der Waals surface area contributed by atoms with E-state index in [9.17, 15) is 0 Å². The number of hydrogen-bond acceptors (Lipinski definition) is 2. The first-order valence-corrected chi connectivity index (χ1v) is 7.91. The molecule has 0 atom stereocenters. The van der Waals surface area contributed by atoms with Gasteiger partial charge in [-0.05, 0) is 28.5 Å². The van der Waals surface area contributed by atoms with E-state index in [1.54, 1.807) is 0 Å². The van der Waals surface area contributed by atoms with Gasteiger partial charge in [-0.3, -0.25) is 0 Å². The van der Waals surface area contributed by atoms with Crippen LogP contribution in [0.5, 0.6) is 0 Å². The zero-order valence-corrected chi connectivity index (χ0v) is 16.1. The van der Waals surface area contributed by atoms with Crippen molar-refractivity contribution in [2.45, 2.75) is 26.2 Å². The minimum Gasteiger partial charge on any atom is -0.457 e. The summed E-state index contributed by atoms with van der Waals surface area (Å²) in [5, 5.41) is 5.80. The molecule has 0 aliphatic heterocycles. The Morgan fingerprint density at radius 2 is 1.83 bits per heavy atom. The number of pyridine rings is 1. The second-order valence-electron chi connectivity index (χ2n) is 7.24. The predicted octanol–water partition coefficient (Wildman–Crippen LogP) is 5.82. The Bertz CT molecular complexity index is 1200. The van der Waals surface area contributed by atoms with Crippen molar-refractivity contribution in [3.63, 3.8) is 0 Å². The Morgan fingerprint density at radius 1 is 1.00 bits per heavy atom. The molecular weight excluding hydrogens is 474 g/mol. The van der Waals surface area contributed by atoms with Gasteiger partial charge in [-0.15, -0.1) is 29.7 Å². The molecule has 0 saturated carbocycles. The van der Waals surface area contributed by atoms with E-state index in [0.717, 1.165) is 27.5 Å². The molecule has 0 unspecified atom stereocenters. The van der Waals surface area contributed by atoms with Crippen LogP contribution in [0.25, 0.3) is 43.6 Å². The largest absolute Gasteiger partial charge is 0.457 e. The van der Waals surface area contributed by atoms with Crippen LogP contribution in [0.15, 0.2) is 47.0 Å². The fraction of sp³-hybridized carbons (Fsp3) is 0.190. The number of rotatable bonds is 0. The third-order valence-electron chi connectivity index (χ3n) is 4.73. The van der Waals surface area contributed by atoms with E-state index in [2.05, 4.69) is 50.0 Å². The number of hydrogen-bond donors (Lipinski definition) is 0. The van der Waals surface area contributed by atoms with Crippen molar-refractivity contribution in [1.82, 2.24) is 4.98 Å². The molecule has 1 radical (unpaired) electrons. The van der Waals surface area contributed by atoms with Crippen LogP contribution >= 0.6 is 0 Å². The summed E-state index contributed by atoms with van der Waals surface area (Å²) in [6.45, 7) is 6.70. The molecule has 3 aromatic carbocycles. The molecule has 0 fully saturated rings. The van der Waals surface area contributed by atoms with Crippen molar-refractivity contribution < 1.29 is 24.5 Å². The molecule has 24 heavy (non-hydrogen) atoms. The number of furan rings is 1. The minimum absolute atomic E-state index is 0.